The van der Waals surface area contributed by atoms with Gasteiger partial charge < -0.3 is 14.6 Å². The third-order valence-corrected chi connectivity index (χ3v) is 3.50. The minimum Gasteiger partial charge on any atom is -0.465 e. The van der Waals surface area contributed by atoms with E-state index >= 15 is 0 Å². The van der Waals surface area contributed by atoms with Crippen LogP contribution in [0.3, 0.4) is 0 Å². The molecule has 118 valence electrons. The highest BCUT2D eigenvalue weighted by Gasteiger charge is 2.22. The molecule has 5 nitrogen and oxygen atoms in total. The molecule has 1 N–H and O–H groups in total. The van der Waals surface area contributed by atoms with E-state index < -0.39 is 17.6 Å². The molecule has 3 aromatic rings. The highest BCUT2D eigenvalue weighted by Crippen LogP contribution is 2.31. The highest BCUT2D eigenvalue weighted by atomic mass is 19.1. The molecule has 7 heteroatoms. The lowest BCUT2D eigenvalue weighted by molar-refractivity contribution is 0.0601. The summed E-state index contributed by atoms with van der Waals surface area (Å²) >= 11 is 0. The SMILES string of the molecule is COC(=O)c1cc2c(ncn2C)c(F)c1Nc1ccccc1F. The number of carbonyl (C=O) groups is 1. The monoisotopic (exact) mass is 317 g/mol. The summed E-state index contributed by atoms with van der Waals surface area (Å²) in [6.07, 6.45) is 1.43. The van der Waals surface area contributed by atoms with Crippen molar-refractivity contribution in [2.24, 2.45) is 7.05 Å². The number of ether oxygens (including phenoxy) is 1. The van der Waals surface area contributed by atoms with Crippen LogP contribution < -0.4 is 5.32 Å². The summed E-state index contributed by atoms with van der Waals surface area (Å²) in [6, 6.07) is 7.25. The Morgan fingerprint density at radius 1 is 1.30 bits per heavy atom. The number of para-hydroxylation sites is 1. The first-order chi connectivity index (χ1) is 11.0. The van der Waals surface area contributed by atoms with Crippen LogP contribution in [0.25, 0.3) is 11.0 Å². The normalized spacial score (nSPS) is 10.8. The molecule has 0 saturated heterocycles. The highest BCUT2D eigenvalue weighted by molar-refractivity contribution is 6.01. The van der Waals surface area contributed by atoms with Crippen LogP contribution >= 0.6 is 0 Å². The first-order valence-electron chi connectivity index (χ1n) is 6.76. The molecule has 0 saturated carbocycles. The van der Waals surface area contributed by atoms with Crippen LogP contribution in [0, 0.1) is 11.6 Å². The van der Waals surface area contributed by atoms with Crippen molar-refractivity contribution < 1.29 is 18.3 Å². The molecule has 0 radical (unpaired) electrons. The van der Waals surface area contributed by atoms with Gasteiger partial charge in [0, 0.05) is 7.05 Å². The van der Waals surface area contributed by atoms with E-state index in [2.05, 4.69) is 10.3 Å². The predicted molar refractivity (Wildman–Crippen MR) is 81.7 cm³/mol. The first-order valence-corrected chi connectivity index (χ1v) is 6.76. The van der Waals surface area contributed by atoms with E-state index in [0.29, 0.717) is 5.52 Å². The average Bonchev–Trinajstić information content (AvgIpc) is 2.92. The molecule has 0 spiro atoms. The zero-order valence-electron chi connectivity index (χ0n) is 12.4. The van der Waals surface area contributed by atoms with Crippen molar-refractivity contribution in [3.63, 3.8) is 0 Å². The van der Waals surface area contributed by atoms with Gasteiger partial charge in [0.05, 0.1) is 35.9 Å². The van der Waals surface area contributed by atoms with Crippen molar-refractivity contribution in [3.05, 3.63) is 53.9 Å². The number of fused-ring (bicyclic) bond motifs is 1. The molecule has 1 aromatic heterocycles. The number of aromatic nitrogens is 2. The lowest BCUT2D eigenvalue weighted by Crippen LogP contribution is -2.09. The van der Waals surface area contributed by atoms with Gasteiger partial charge in [-0.1, -0.05) is 12.1 Å². The molecule has 0 aliphatic heterocycles. The molecule has 23 heavy (non-hydrogen) atoms. The van der Waals surface area contributed by atoms with Crippen molar-refractivity contribution in [1.29, 1.82) is 0 Å². The summed E-state index contributed by atoms with van der Waals surface area (Å²) in [5, 5.41) is 2.63. The van der Waals surface area contributed by atoms with Gasteiger partial charge in [-0.3, -0.25) is 0 Å². The summed E-state index contributed by atoms with van der Waals surface area (Å²) in [6.45, 7) is 0. The fraction of sp³-hybridized carbons (Fsp3) is 0.125. The van der Waals surface area contributed by atoms with E-state index in [1.165, 1.54) is 37.7 Å². The molecule has 0 unspecified atom stereocenters. The van der Waals surface area contributed by atoms with Crippen LogP contribution in [0.1, 0.15) is 10.4 Å². The average molecular weight is 317 g/mol. The smallest absolute Gasteiger partial charge is 0.340 e. The van der Waals surface area contributed by atoms with Crippen LogP contribution in [0.15, 0.2) is 36.7 Å². The predicted octanol–water partition coefficient (Wildman–Crippen LogP) is 3.38. The van der Waals surface area contributed by atoms with Crippen molar-refractivity contribution in [2.75, 3.05) is 12.4 Å². The number of carbonyl (C=O) groups excluding carboxylic acids is 1. The van der Waals surface area contributed by atoms with Crippen LogP contribution in [0.4, 0.5) is 20.2 Å². The van der Waals surface area contributed by atoms with Gasteiger partial charge in [0.15, 0.2) is 5.82 Å². The Bertz CT molecular complexity index is 906. The molecule has 0 aliphatic carbocycles. The quantitative estimate of drug-likeness (QED) is 0.752. The third kappa shape index (κ3) is 2.50. The summed E-state index contributed by atoms with van der Waals surface area (Å²) < 4.78 is 34.9. The third-order valence-electron chi connectivity index (χ3n) is 3.50. The molecule has 3 rings (SSSR count). The van der Waals surface area contributed by atoms with Gasteiger partial charge in [-0.15, -0.1) is 0 Å². The second-order valence-corrected chi connectivity index (χ2v) is 4.93. The Kier molecular flexibility index (Phi) is 3.69. The van der Waals surface area contributed by atoms with E-state index in [1.807, 2.05) is 0 Å². The fourth-order valence-corrected chi connectivity index (χ4v) is 2.31. The number of nitrogens with zero attached hydrogens (tertiary/aromatic N) is 2. The number of imidazole rings is 1. The standard InChI is InChI=1S/C16H13F2N3O2/c1-21-8-19-15-12(21)7-9(16(22)23-2)14(13(15)18)20-11-6-4-3-5-10(11)17/h3-8,20H,1-2H3. The summed E-state index contributed by atoms with van der Waals surface area (Å²) in [4.78, 5) is 16.0. The zero-order chi connectivity index (χ0) is 16.6. The number of esters is 1. The van der Waals surface area contributed by atoms with Crippen LogP contribution in [0.5, 0.6) is 0 Å². The Morgan fingerprint density at radius 2 is 2.04 bits per heavy atom. The Morgan fingerprint density at radius 3 is 2.74 bits per heavy atom. The van der Waals surface area contributed by atoms with Gasteiger partial charge >= 0.3 is 5.97 Å². The largest absolute Gasteiger partial charge is 0.465 e. The van der Waals surface area contributed by atoms with E-state index in [9.17, 15) is 13.6 Å². The summed E-state index contributed by atoms with van der Waals surface area (Å²) in [5.41, 5.74) is 0.352. The second kappa shape index (κ2) is 5.68. The zero-order valence-corrected chi connectivity index (χ0v) is 12.4. The topological polar surface area (TPSA) is 56.1 Å². The number of halogens is 2. The number of rotatable bonds is 3. The minimum atomic E-state index is -0.744. The molecule has 0 bridgehead atoms. The molecule has 0 aliphatic rings. The van der Waals surface area contributed by atoms with Crippen LogP contribution in [-0.4, -0.2) is 22.6 Å². The lowest BCUT2D eigenvalue weighted by atomic mass is 10.1. The Balaban J connectivity index is 2.23. The first kappa shape index (κ1) is 15.0. The maximum Gasteiger partial charge on any atom is 0.340 e. The Hall–Kier alpha value is -2.96. The molecule has 2 aromatic carbocycles. The molecule has 0 amide bonds. The molecule has 1 heterocycles. The fourth-order valence-electron chi connectivity index (χ4n) is 2.31. The number of anilines is 2. The minimum absolute atomic E-state index is 0.0376. The molecule has 0 atom stereocenters. The number of benzene rings is 2. The van der Waals surface area contributed by atoms with Crippen LogP contribution in [0.2, 0.25) is 0 Å². The molecule has 0 fully saturated rings. The van der Waals surface area contributed by atoms with Gasteiger partial charge in [-0.2, -0.15) is 0 Å². The lowest BCUT2D eigenvalue weighted by Gasteiger charge is -2.13. The summed E-state index contributed by atoms with van der Waals surface area (Å²) in [7, 11) is 2.88. The number of aryl methyl sites for hydroxylation is 1. The van der Waals surface area contributed by atoms with E-state index in [4.69, 9.17) is 4.74 Å². The number of hydrogen-bond acceptors (Lipinski definition) is 4. The number of nitrogens with one attached hydrogen (secondary N) is 1. The van der Waals surface area contributed by atoms with Crippen molar-refractivity contribution in [3.8, 4) is 0 Å². The van der Waals surface area contributed by atoms with Gasteiger partial charge in [0.2, 0.25) is 0 Å². The van der Waals surface area contributed by atoms with E-state index in [-0.39, 0.29) is 22.5 Å². The van der Waals surface area contributed by atoms with Gasteiger partial charge in [-0.25, -0.2) is 18.6 Å². The van der Waals surface area contributed by atoms with Gasteiger partial charge in [0.1, 0.15) is 11.3 Å². The van der Waals surface area contributed by atoms with E-state index in [1.54, 1.807) is 17.7 Å². The maximum atomic E-state index is 14.8. The van der Waals surface area contributed by atoms with Gasteiger partial charge in [0.25, 0.3) is 0 Å². The number of hydrogen-bond donors (Lipinski definition) is 1. The number of methoxy groups -OCH3 is 1. The summed E-state index contributed by atoms with van der Waals surface area (Å²) in [5.74, 6) is -2.04. The van der Waals surface area contributed by atoms with Crippen molar-refractivity contribution >= 4 is 28.4 Å². The molecular weight excluding hydrogens is 304 g/mol. The van der Waals surface area contributed by atoms with Crippen molar-refractivity contribution in [2.45, 2.75) is 0 Å². The second-order valence-electron chi connectivity index (χ2n) is 4.93. The van der Waals surface area contributed by atoms with E-state index in [0.717, 1.165) is 0 Å². The maximum absolute atomic E-state index is 14.8. The Labute approximate surface area is 130 Å². The van der Waals surface area contributed by atoms with Crippen molar-refractivity contribution in [1.82, 2.24) is 9.55 Å². The van der Waals surface area contributed by atoms with Gasteiger partial charge in [-0.05, 0) is 18.2 Å². The molecular formula is C16H13F2N3O2. The van der Waals surface area contributed by atoms with Crippen LogP contribution in [-0.2, 0) is 11.8 Å².